The highest BCUT2D eigenvalue weighted by molar-refractivity contribution is 6.28. The topological polar surface area (TPSA) is 129 Å². The van der Waals surface area contributed by atoms with E-state index >= 15 is 0 Å². The molecule has 0 spiro atoms. The van der Waals surface area contributed by atoms with Crippen molar-refractivity contribution in [2.75, 3.05) is 18.0 Å². The van der Waals surface area contributed by atoms with E-state index in [0.717, 1.165) is 6.21 Å². The molecule has 1 aromatic rings. The van der Waals surface area contributed by atoms with Crippen LogP contribution in [0, 0.1) is 5.41 Å². The van der Waals surface area contributed by atoms with Crippen molar-refractivity contribution >= 4 is 35.5 Å². The second kappa shape index (κ2) is 4.88. The van der Waals surface area contributed by atoms with E-state index in [4.69, 9.17) is 11.1 Å². The average Bonchev–Trinajstić information content (AvgIpc) is 2.68. The minimum Gasteiger partial charge on any atom is -0.382 e. The lowest BCUT2D eigenvalue weighted by atomic mass is 10.3. The molecule has 0 saturated carbocycles. The van der Waals surface area contributed by atoms with Gasteiger partial charge in [0.25, 0.3) is 0 Å². The van der Waals surface area contributed by atoms with Gasteiger partial charge in [-0.3, -0.25) is 19.6 Å². The number of imide groups is 1. The van der Waals surface area contributed by atoms with Crippen molar-refractivity contribution in [3.8, 4) is 0 Å². The van der Waals surface area contributed by atoms with Gasteiger partial charge in [-0.05, 0) is 0 Å². The Morgan fingerprint density at radius 3 is 2.74 bits per heavy atom. The Bertz CT molecular complexity index is 558. The van der Waals surface area contributed by atoms with Gasteiger partial charge in [-0.1, -0.05) is 0 Å². The zero-order valence-corrected chi connectivity index (χ0v) is 10.3. The van der Waals surface area contributed by atoms with Crippen LogP contribution >= 0.6 is 0 Å². The van der Waals surface area contributed by atoms with Gasteiger partial charge in [0.15, 0.2) is 5.82 Å². The van der Waals surface area contributed by atoms with Gasteiger partial charge in [-0.15, -0.1) is 0 Å². The van der Waals surface area contributed by atoms with E-state index in [1.165, 1.54) is 4.68 Å². The summed E-state index contributed by atoms with van der Waals surface area (Å²) in [7, 11) is 1.67. The van der Waals surface area contributed by atoms with E-state index in [9.17, 15) is 9.59 Å². The number of aliphatic imine (C=N–C) groups is 1. The lowest BCUT2D eigenvalue weighted by molar-refractivity contribution is -0.130. The molecule has 0 atom stereocenters. The van der Waals surface area contributed by atoms with Crippen LogP contribution in [0.2, 0.25) is 0 Å². The molecule has 2 heterocycles. The third-order valence-electron chi connectivity index (χ3n) is 2.51. The van der Waals surface area contributed by atoms with Crippen molar-refractivity contribution in [3.63, 3.8) is 0 Å². The number of nitrogens with two attached hydrogens (primary N) is 1. The molecular weight excluding hydrogens is 250 g/mol. The van der Waals surface area contributed by atoms with Crippen molar-refractivity contribution < 1.29 is 9.59 Å². The summed E-state index contributed by atoms with van der Waals surface area (Å²) in [4.78, 5) is 28.1. The maximum absolute atomic E-state index is 11.3. The molecule has 2 rings (SSSR count). The summed E-state index contributed by atoms with van der Waals surface area (Å²) in [6.45, 7) is 0.156. The maximum atomic E-state index is 11.3. The summed E-state index contributed by atoms with van der Waals surface area (Å²) in [5.74, 6) is 0.205. The second-order valence-corrected chi connectivity index (χ2v) is 3.99. The first-order chi connectivity index (χ1) is 8.99. The molecular formula is C10H13N7O2. The fraction of sp³-hybridized carbons (Fsp3) is 0.300. The fourth-order valence-electron chi connectivity index (χ4n) is 1.76. The molecule has 0 radical (unpaired) electrons. The molecule has 4 N–H and O–H groups in total. The van der Waals surface area contributed by atoms with Crippen LogP contribution in [0.25, 0.3) is 0 Å². The number of hydrogen-bond donors (Lipinski definition) is 3. The highest BCUT2D eigenvalue weighted by Crippen LogP contribution is 2.20. The van der Waals surface area contributed by atoms with E-state index in [-0.39, 0.29) is 30.7 Å². The fourth-order valence-corrected chi connectivity index (χ4v) is 1.76. The molecule has 1 fully saturated rings. The molecule has 0 aromatic carbocycles. The van der Waals surface area contributed by atoms with Crippen LogP contribution in [-0.2, 0) is 16.6 Å². The van der Waals surface area contributed by atoms with Crippen LogP contribution in [0.3, 0.4) is 0 Å². The number of carbonyl (C=O) groups excluding carboxylic acids is 2. The molecule has 100 valence electrons. The van der Waals surface area contributed by atoms with Gasteiger partial charge in [0.1, 0.15) is 11.7 Å². The lowest BCUT2D eigenvalue weighted by Crippen LogP contribution is -2.52. The van der Waals surface area contributed by atoms with Crippen LogP contribution in [0.15, 0.2) is 11.1 Å². The Morgan fingerprint density at radius 2 is 2.16 bits per heavy atom. The molecule has 0 bridgehead atoms. The molecule has 1 aliphatic rings. The highest BCUT2D eigenvalue weighted by Gasteiger charge is 2.25. The number of hydrogen-bond acceptors (Lipinski definition) is 6. The van der Waals surface area contributed by atoms with Gasteiger partial charge < -0.3 is 16.0 Å². The van der Waals surface area contributed by atoms with Crippen LogP contribution in [0.5, 0.6) is 0 Å². The number of piperazine rings is 1. The van der Waals surface area contributed by atoms with Crippen molar-refractivity contribution in [1.82, 2.24) is 15.1 Å². The van der Waals surface area contributed by atoms with Gasteiger partial charge in [0, 0.05) is 13.1 Å². The van der Waals surface area contributed by atoms with Gasteiger partial charge in [-0.25, -0.2) is 4.99 Å². The highest BCUT2D eigenvalue weighted by atomic mass is 16.2. The number of amides is 2. The third-order valence-corrected chi connectivity index (χ3v) is 2.51. The summed E-state index contributed by atoms with van der Waals surface area (Å²) < 4.78 is 1.50. The Hall–Kier alpha value is -2.71. The van der Waals surface area contributed by atoms with Crippen molar-refractivity contribution in [2.24, 2.45) is 17.8 Å². The number of rotatable bonds is 3. The average molecular weight is 263 g/mol. The van der Waals surface area contributed by atoms with Gasteiger partial charge in [-0.2, -0.15) is 5.10 Å². The predicted octanol–water partition coefficient (Wildman–Crippen LogP) is -1.48. The molecule has 9 heteroatoms. The zero-order chi connectivity index (χ0) is 14.0. The number of carbonyl (C=O) groups is 2. The van der Waals surface area contributed by atoms with Gasteiger partial charge in [0.2, 0.25) is 11.8 Å². The number of anilines is 1. The van der Waals surface area contributed by atoms with Gasteiger partial charge in [0.05, 0.1) is 19.3 Å². The van der Waals surface area contributed by atoms with E-state index < -0.39 is 0 Å². The van der Waals surface area contributed by atoms with E-state index in [2.05, 4.69) is 15.4 Å². The largest absolute Gasteiger partial charge is 0.382 e. The molecule has 9 nitrogen and oxygen atoms in total. The summed E-state index contributed by atoms with van der Waals surface area (Å²) in [6.07, 6.45) is 0.909. The molecule has 0 unspecified atom stereocenters. The summed E-state index contributed by atoms with van der Waals surface area (Å²) in [6, 6.07) is 1.60. The van der Waals surface area contributed by atoms with Crippen LogP contribution in [0.4, 0.5) is 11.6 Å². The first-order valence-electron chi connectivity index (χ1n) is 5.46. The molecule has 1 aromatic heterocycles. The van der Waals surface area contributed by atoms with Gasteiger partial charge >= 0.3 is 0 Å². The van der Waals surface area contributed by atoms with Crippen molar-refractivity contribution in [2.45, 2.75) is 0 Å². The molecule has 1 aliphatic heterocycles. The second-order valence-electron chi connectivity index (χ2n) is 3.99. The normalized spacial score (nSPS) is 16.5. The summed E-state index contributed by atoms with van der Waals surface area (Å²) in [5.41, 5.74) is 5.41. The van der Waals surface area contributed by atoms with E-state index in [0.29, 0.717) is 11.6 Å². The van der Waals surface area contributed by atoms with Crippen LogP contribution < -0.4 is 16.0 Å². The van der Waals surface area contributed by atoms with E-state index in [1.807, 2.05) is 0 Å². The Kier molecular flexibility index (Phi) is 3.27. The minimum atomic E-state index is -0.360. The summed E-state index contributed by atoms with van der Waals surface area (Å²) in [5, 5.41) is 13.2. The number of aryl methyl sites for hydroxylation is 1. The van der Waals surface area contributed by atoms with Crippen molar-refractivity contribution in [3.05, 3.63) is 6.07 Å². The standard InChI is InChI=1S/C10H13N7O2/c1-16-10(2-7(15-16)13-6(12)3-11)17-4-8(18)14-9(19)5-17/h2-3,11H,4-5H2,1H3,(H2,12,13,15)(H,14,18,19). The monoisotopic (exact) mass is 263 g/mol. The third kappa shape index (κ3) is 2.76. The van der Waals surface area contributed by atoms with Crippen LogP contribution in [-0.4, -0.2) is 46.7 Å². The quantitative estimate of drug-likeness (QED) is 0.348. The summed E-state index contributed by atoms with van der Waals surface area (Å²) >= 11 is 0. The predicted molar refractivity (Wildman–Crippen MR) is 68.6 cm³/mol. The SMILES string of the molecule is Cn1nc(N=C(N)C=N)cc1N1CC(=O)NC(=O)C1. The smallest absolute Gasteiger partial charge is 0.246 e. The Balaban J connectivity index is 2.28. The number of amidine groups is 1. The lowest BCUT2D eigenvalue weighted by Gasteiger charge is -2.26. The Morgan fingerprint density at radius 1 is 1.53 bits per heavy atom. The number of nitrogens with zero attached hydrogens (tertiary/aromatic N) is 4. The first kappa shape index (κ1) is 12.7. The maximum Gasteiger partial charge on any atom is 0.246 e. The molecule has 19 heavy (non-hydrogen) atoms. The van der Waals surface area contributed by atoms with Crippen LogP contribution in [0.1, 0.15) is 0 Å². The zero-order valence-electron chi connectivity index (χ0n) is 10.3. The minimum absolute atomic E-state index is 0.0251. The Labute approximate surface area is 108 Å². The molecule has 1 saturated heterocycles. The number of nitrogens with one attached hydrogen (secondary N) is 2. The first-order valence-corrected chi connectivity index (χ1v) is 5.46. The molecule has 2 amide bonds. The molecule has 0 aliphatic carbocycles. The number of aromatic nitrogens is 2. The van der Waals surface area contributed by atoms with E-state index in [1.54, 1.807) is 18.0 Å². The van der Waals surface area contributed by atoms with Crippen molar-refractivity contribution in [1.29, 1.82) is 5.41 Å².